The zero-order valence-electron chi connectivity index (χ0n) is 18.2. The summed E-state index contributed by atoms with van der Waals surface area (Å²) in [5, 5.41) is 2.83. The number of carbonyl (C=O) groups excluding carboxylic acids is 1. The van der Waals surface area contributed by atoms with E-state index in [0.29, 0.717) is 6.54 Å². The molecule has 1 fully saturated rings. The summed E-state index contributed by atoms with van der Waals surface area (Å²) >= 11 is 0. The van der Waals surface area contributed by atoms with Gasteiger partial charge in [0.2, 0.25) is 15.9 Å². The Labute approximate surface area is 185 Å². The van der Waals surface area contributed by atoms with Gasteiger partial charge in [-0.2, -0.15) is 4.31 Å². The number of nitrogens with one attached hydrogen (secondary N) is 1. The van der Waals surface area contributed by atoms with E-state index < -0.39 is 10.0 Å². The maximum absolute atomic E-state index is 12.4. The van der Waals surface area contributed by atoms with Crippen molar-refractivity contribution < 1.29 is 17.9 Å². The van der Waals surface area contributed by atoms with E-state index in [4.69, 9.17) is 4.74 Å². The number of ether oxygens (including phenoxy) is 1. The van der Waals surface area contributed by atoms with Crippen LogP contribution in [-0.4, -0.2) is 62.6 Å². The second-order valence-electron chi connectivity index (χ2n) is 8.00. The molecule has 168 valence electrons. The molecule has 0 bridgehead atoms. The van der Waals surface area contributed by atoms with Gasteiger partial charge in [0.25, 0.3) is 0 Å². The van der Waals surface area contributed by atoms with E-state index in [0.717, 1.165) is 55.8 Å². The quantitative estimate of drug-likeness (QED) is 0.638. The molecule has 3 rings (SSSR count). The molecular formula is C23H31N3O4S. The minimum absolute atomic E-state index is 0.169. The third kappa shape index (κ3) is 7.74. The standard InChI is InChI=1S/C23H31N3O4S/c1-19-3-5-22(6-4-19)17-26(31(2,28)29)18-23(27)24-15-20-7-9-21(10-8-20)16-25-11-13-30-14-12-25/h3-10H,11-18H2,1-2H3,(H,24,27). The van der Waals surface area contributed by atoms with Crippen molar-refractivity contribution in [2.75, 3.05) is 39.1 Å². The average molecular weight is 446 g/mol. The van der Waals surface area contributed by atoms with Crippen LogP contribution in [0.5, 0.6) is 0 Å². The monoisotopic (exact) mass is 445 g/mol. The number of hydrogen-bond donors (Lipinski definition) is 1. The molecule has 31 heavy (non-hydrogen) atoms. The van der Waals surface area contributed by atoms with Crippen LogP contribution in [0.15, 0.2) is 48.5 Å². The summed E-state index contributed by atoms with van der Waals surface area (Å²) in [6.07, 6.45) is 1.13. The van der Waals surface area contributed by atoms with Gasteiger partial charge in [-0.05, 0) is 23.6 Å². The van der Waals surface area contributed by atoms with Gasteiger partial charge in [-0.25, -0.2) is 8.42 Å². The second kappa shape index (κ2) is 10.9. The molecular weight excluding hydrogens is 414 g/mol. The van der Waals surface area contributed by atoms with Gasteiger partial charge in [0.15, 0.2) is 0 Å². The normalized spacial score (nSPS) is 15.2. The molecule has 1 aliphatic rings. The van der Waals surface area contributed by atoms with Gasteiger partial charge in [-0.1, -0.05) is 54.1 Å². The van der Waals surface area contributed by atoms with Crippen LogP contribution in [0.25, 0.3) is 0 Å². The van der Waals surface area contributed by atoms with Gasteiger partial charge >= 0.3 is 0 Å². The van der Waals surface area contributed by atoms with E-state index in [1.54, 1.807) is 0 Å². The van der Waals surface area contributed by atoms with Crippen LogP contribution in [-0.2, 0) is 39.2 Å². The van der Waals surface area contributed by atoms with Crippen molar-refractivity contribution in [3.63, 3.8) is 0 Å². The van der Waals surface area contributed by atoms with Crippen LogP contribution in [0.3, 0.4) is 0 Å². The maximum Gasteiger partial charge on any atom is 0.235 e. The molecule has 1 N–H and O–H groups in total. The number of morpholine rings is 1. The lowest BCUT2D eigenvalue weighted by atomic mass is 10.1. The highest BCUT2D eigenvalue weighted by molar-refractivity contribution is 7.88. The molecule has 7 nitrogen and oxygen atoms in total. The van der Waals surface area contributed by atoms with E-state index in [1.807, 2.05) is 43.3 Å². The first-order valence-corrected chi connectivity index (χ1v) is 12.3. The first-order valence-electron chi connectivity index (χ1n) is 10.4. The summed E-state index contributed by atoms with van der Waals surface area (Å²) in [5.74, 6) is -0.324. The van der Waals surface area contributed by atoms with Gasteiger partial charge in [0, 0.05) is 32.7 Å². The second-order valence-corrected chi connectivity index (χ2v) is 9.98. The Kier molecular flexibility index (Phi) is 8.20. The number of benzene rings is 2. The first-order chi connectivity index (χ1) is 14.8. The van der Waals surface area contributed by atoms with Crippen LogP contribution in [0, 0.1) is 6.92 Å². The molecule has 1 amide bonds. The van der Waals surface area contributed by atoms with Crippen molar-refractivity contribution in [3.05, 3.63) is 70.8 Å². The van der Waals surface area contributed by atoms with E-state index in [-0.39, 0.29) is 19.0 Å². The van der Waals surface area contributed by atoms with Crippen LogP contribution in [0.1, 0.15) is 22.3 Å². The molecule has 0 atom stereocenters. The zero-order chi connectivity index (χ0) is 22.3. The van der Waals surface area contributed by atoms with Crippen molar-refractivity contribution >= 4 is 15.9 Å². The Morgan fingerprint density at radius 1 is 1.00 bits per heavy atom. The fraction of sp³-hybridized carbons (Fsp3) is 0.435. The molecule has 1 heterocycles. The smallest absolute Gasteiger partial charge is 0.235 e. The maximum atomic E-state index is 12.4. The van der Waals surface area contributed by atoms with Crippen molar-refractivity contribution in [2.24, 2.45) is 0 Å². The van der Waals surface area contributed by atoms with Gasteiger partial charge in [-0.15, -0.1) is 0 Å². The fourth-order valence-electron chi connectivity index (χ4n) is 3.38. The number of carbonyl (C=O) groups is 1. The minimum atomic E-state index is -3.51. The Morgan fingerprint density at radius 2 is 1.58 bits per heavy atom. The van der Waals surface area contributed by atoms with Gasteiger partial charge in [0.05, 0.1) is 26.0 Å². The summed E-state index contributed by atoms with van der Waals surface area (Å²) in [5.41, 5.74) is 4.14. The molecule has 0 radical (unpaired) electrons. The summed E-state index contributed by atoms with van der Waals surface area (Å²) in [4.78, 5) is 14.8. The van der Waals surface area contributed by atoms with E-state index in [1.165, 1.54) is 9.87 Å². The minimum Gasteiger partial charge on any atom is -0.379 e. The summed E-state index contributed by atoms with van der Waals surface area (Å²) < 4.78 is 30.9. The Morgan fingerprint density at radius 3 is 2.19 bits per heavy atom. The SMILES string of the molecule is Cc1ccc(CN(CC(=O)NCc2ccc(CN3CCOCC3)cc2)S(C)(=O)=O)cc1. The zero-order valence-corrected chi connectivity index (χ0v) is 19.0. The highest BCUT2D eigenvalue weighted by Crippen LogP contribution is 2.11. The van der Waals surface area contributed by atoms with Crippen LogP contribution in [0.2, 0.25) is 0 Å². The molecule has 0 aromatic heterocycles. The molecule has 0 spiro atoms. The fourth-order valence-corrected chi connectivity index (χ4v) is 4.12. The van der Waals surface area contributed by atoms with E-state index in [9.17, 15) is 13.2 Å². The average Bonchev–Trinajstić information content (AvgIpc) is 2.74. The molecule has 0 saturated carbocycles. The van der Waals surface area contributed by atoms with Crippen LogP contribution in [0.4, 0.5) is 0 Å². The third-order valence-electron chi connectivity index (χ3n) is 5.29. The largest absolute Gasteiger partial charge is 0.379 e. The van der Waals surface area contributed by atoms with Gasteiger partial charge in [-0.3, -0.25) is 9.69 Å². The van der Waals surface area contributed by atoms with Crippen molar-refractivity contribution in [1.82, 2.24) is 14.5 Å². The highest BCUT2D eigenvalue weighted by atomic mass is 32.2. The predicted octanol–water partition coefficient (Wildman–Crippen LogP) is 1.91. The lowest BCUT2D eigenvalue weighted by molar-refractivity contribution is -0.121. The molecule has 8 heteroatoms. The van der Waals surface area contributed by atoms with Crippen molar-refractivity contribution in [1.29, 1.82) is 0 Å². The molecule has 2 aromatic rings. The van der Waals surface area contributed by atoms with Gasteiger partial charge in [0.1, 0.15) is 0 Å². The molecule has 1 saturated heterocycles. The van der Waals surface area contributed by atoms with Crippen molar-refractivity contribution in [2.45, 2.75) is 26.6 Å². The lowest BCUT2D eigenvalue weighted by Crippen LogP contribution is -2.39. The Hall–Kier alpha value is -2.26. The number of hydrogen-bond acceptors (Lipinski definition) is 5. The molecule has 1 aliphatic heterocycles. The van der Waals surface area contributed by atoms with Crippen LogP contribution >= 0.6 is 0 Å². The van der Waals surface area contributed by atoms with Gasteiger partial charge < -0.3 is 10.1 Å². The molecule has 0 aliphatic carbocycles. The first kappa shape index (κ1) is 23.4. The third-order valence-corrected chi connectivity index (χ3v) is 6.49. The van der Waals surface area contributed by atoms with E-state index >= 15 is 0 Å². The number of sulfonamides is 1. The number of nitrogens with zero attached hydrogens (tertiary/aromatic N) is 2. The van der Waals surface area contributed by atoms with E-state index in [2.05, 4.69) is 22.3 Å². The topological polar surface area (TPSA) is 79.0 Å². The number of rotatable bonds is 9. The predicted molar refractivity (Wildman–Crippen MR) is 121 cm³/mol. The summed E-state index contributed by atoms with van der Waals surface area (Å²) in [6, 6.07) is 15.7. The van der Waals surface area contributed by atoms with Crippen molar-refractivity contribution in [3.8, 4) is 0 Å². The van der Waals surface area contributed by atoms with Crippen LogP contribution < -0.4 is 5.32 Å². The Bertz CT molecular complexity index is 953. The lowest BCUT2D eigenvalue weighted by Gasteiger charge is -2.26. The molecule has 2 aromatic carbocycles. The molecule has 0 unspecified atom stereocenters. The summed E-state index contributed by atoms with van der Waals surface area (Å²) in [7, 11) is -3.51. The Balaban J connectivity index is 1.50. The number of amides is 1. The summed E-state index contributed by atoms with van der Waals surface area (Å²) in [6.45, 7) is 6.62. The highest BCUT2D eigenvalue weighted by Gasteiger charge is 2.20. The number of aryl methyl sites for hydroxylation is 1.